The van der Waals surface area contributed by atoms with Crippen LogP contribution in [0.1, 0.15) is 24.1 Å². The predicted octanol–water partition coefficient (Wildman–Crippen LogP) is 5.57. The molecule has 112 valence electrons. The summed E-state index contributed by atoms with van der Waals surface area (Å²) in [5.41, 5.74) is 2.15. The van der Waals surface area contributed by atoms with Crippen molar-refractivity contribution in [2.75, 3.05) is 13.7 Å². The van der Waals surface area contributed by atoms with Gasteiger partial charge in [0.2, 0.25) is 0 Å². The number of ether oxygens (including phenoxy) is 1. The Morgan fingerprint density at radius 2 is 1.90 bits per heavy atom. The maximum absolute atomic E-state index is 6.16. The van der Waals surface area contributed by atoms with Crippen LogP contribution in [0.4, 0.5) is 0 Å². The minimum Gasteiger partial charge on any atom is -0.496 e. The van der Waals surface area contributed by atoms with Crippen LogP contribution in [0, 0.1) is 0 Å². The normalized spacial score (nSPS) is 12.2. The van der Waals surface area contributed by atoms with Crippen LogP contribution in [0.15, 0.2) is 45.3 Å². The fourth-order valence-electron chi connectivity index (χ4n) is 2.26. The van der Waals surface area contributed by atoms with E-state index < -0.39 is 0 Å². The van der Waals surface area contributed by atoms with Crippen LogP contribution in [0.3, 0.4) is 0 Å². The maximum atomic E-state index is 6.16. The Morgan fingerprint density at radius 3 is 2.57 bits per heavy atom. The summed E-state index contributed by atoms with van der Waals surface area (Å²) in [5, 5.41) is 4.21. The van der Waals surface area contributed by atoms with Gasteiger partial charge in [0.15, 0.2) is 0 Å². The van der Waals surface area contributed by atoms with Crippen LogP contribution in [0.5, 0.6) is 5.75 Å². The van der Waals surface area contributed by atoms with Crippen molar-refractivity contribution >= 4 is 43.5 Å². The molecule has 2 aromatic rings. The van der Waals surface area contributed by atoms with Crippen molar-refractivity contribution in [3.05, 3.63) is 61.5 Å². The molecule has 2 rings (SSSR count). The van der Waals surface area contributed by atoms with E-state index in [9.17, 15) is 0 Å². The van der Waals surface area contributed by atoms with E-state index in [0.29, 0.717) is 5.02 Å². The molecule has 21 heavy (non-hydrogen) atoms. The Bertz CT molecular complexity index is 634. The zero-order valence-corrected chi connectivity index (χ0v) is 15.7. The number of methoxy groups -OCH3 is 1. The number of hydrogen-bond donors (Lipinski definition) is 1. The third kappa shape index (κ3) is 4.01. The van der Waals surface area contributed by atoms with Gasteiger partial charge in [-0.1, -0.05) is 50.4 Å². The molecule has 0 aliphatic carbocycles. The van der Waals surface area contributed by atoms with Gasteiger partial charge in [-0.15, -0.1) is 0 Å². The number of hydrogen-bond acceptors (Lipinski definition) is 2. The van der Waals surface area contributed by atoms with Crippen molar-refractivity contribution in [2.45, 2.75) is 13.0 Å². The van der Waals surface area contributed by atoms with Gasteiger partial charge >= 0.3 is 0 Å². The summed E-state index contributed by atoms with van der Waals surface area (Å²) in [7, 11) is 1.68. The molecule has 2 nitrogen and oxygen atoms in total. The van der Waals surface area contributed by atoms with Crippen LogP contribution >= 0.6 is 43.5 Å². The maximum Gasteiger partial charge on any atom is 0.124 e. The zero-order chi connectivity index (χ0) is 15.4. The van der Waals surface area contributed by atoms with Gasteiger partial charge in [0.1, 0.15) is 5.75 Å². The molecule has 0 radical (unpaired) electrons. The molecule has 0 saturated heterocycles. The average molecular weight is 434 g/mol. The molecule has 0 aliphatic rings. The minimum absolute atomic E-state index is 0.00414. The smallest absolute Gasteiger partial charge is 0.124 e. The monoisotopic (exact) mass is 431 g/mol. The van der Waals surface area contributed by atoms with E-state index in [1.54, 1.807) is 7.11 Å². The summed E-state index contributed by atoms with van der Waals surface area (Å²) in [6.45, 7) is 2.91. The summed E-state index contributed by atoms with van der Waals surface area (Å²) >= 11 is 13.3. The molecule has 0 bridgehead atoms. The fourth-order valence-corrected chi connectivity index (χ4v) is 3.29. The van der Waals surface area contributed by atoms with Gasteiger partial charge in [0, 0.05) is 19.5 Å². The summed E-state index contributed by atoms with van der Waals surface area (Å²) in [6, 6.07) is 11.8. The van der Waals surface area contributed by atoms with Crippen molar-refractivity contribution in [1.29, 1.82) is 0 Å². The van der Waals surface area contributed by atoms with Gasteiger partial charge in [-0.3, -0.25) is 0 Å². The fraction of sp³-hybridized carbons (Fsp3) is 0.250. The van der Waals surface area contributed by atoms with E-state index >= 15 is 0 Å². The van der Waals surface area contributed by atoms with Crippen LogP contribution in [-0.4, -0.2) is 13.7 Å². The van der Waals surface area contributed by atoms with Gasteiger partial charge in [-0.05, 0) is 48.5 Å². The predicted molar refractivity (Wildman–Crippen MR) is 95.4 cm³/mol. The lowest BCUT2D eigenvalue weighted by atomic mass is 9.97. The Balaban J connectivity index is 2.58. The molecule has 1 atom stereocenters. The van der Waals surface area contributed by atoms with Gasteiger partial charge in [-0.25, -0.2) is 0 Å². The zero-order valence-electron chi connectivity index (χ0n) is 11.8. The Hall–Kier alpha value is -0.550. The molecule has 0 heterocycles. The van der Waals surface area contributed by atoms with Crippen LogP contribution in [0.25, 0.3) is 0 Å². The van der Waals surface area contributed by atoms with Crippen molar-refractivity contribution < 1.29 is 4.74 Å². The first-order valence-electron chi connectivity index (χ1n) is 6.58. The van der Waals surface area contributed by atoms with Crippen molar-refractivity contribution in [3.8, 4) is 5.75 Å². The molecular formula is C16H16Br2ClNO. The number of halogens is 3. The van der Waals surface area contributed by atoms with E-state index in [1.165, 1.54) is 0 Å². The molecule has 1 unspecified atom stereocenters. The van der Waals surface area contributed by atoms with E-state index in [4.69, 9.17) is 16.3 Å². The molecular weight excluding hydrogens is 417 g/mol. The Morgan fingerprint density at radius 1 is 1.14 bits per heavy atom. The second kappa shape index (κ2) is 7.63. The lowest BCUT2D eigenvalue weighted by Crippen LogP contribution is -2.23. The van der Waals surface area contributed by atoms with E-state index in [2.05, 4.69) is 50.2 Å². The van der Waals surface area contributed by atoms with Gasteiger partial charge in [0.05, 0.1) is 13.2 Å². The first-order valence-corrected chi connectivity index (χ1v) is 8.55. The first kappa shape index (κ1) is 16.8. The third-order valence-electron chi connectivity index (χ3n) is 3.18. The highest BCUT2D eigenvalue weighted by atomic mass is 79.9. The first-order chi connectivity index (χ1) is 10.1. The van der Waals surface area contributed by atoms with Crippen LogP contribution in [0.2, 0.25) is 5.02 Å². The third-order valence-corrected chi connectivity index (χ3v) is 4.63. The number of rotatable bonds is 5. The summed E-state index contributed by atoms with van der Waals surface area (Å²) in [4.78, 5) is 0. The summed E-state index contributed by atoms with van der Waals surface area (Å²) in [5.74, 6) is 0.844. The van der Waals surface area contributed by atoms with Crippen molar-refractivity contribution in [2.24, 2.45) is 0 Å². The second-order valence-corrected chi connectivity index (χ2v) is 6.75. The topological polar surface area (TPSA) is 21.3 Å². The molecule has 5 heteroatoms. The molecule has 2 aromatic carbocycles. The van der Waals surface area contributed by atoms with E-state index in [-0.39, 0.29) is 6.04 Å². The van der Waals surface area contributed by atoms with Crippen LogP contribution in [-0.2, 0) is 0 Å². The lowest BCUT2D eigenvalue weighted by Gasteiger charge is -2.23. The highest BCUT2D eigenvalue weighted by molar-refractivity contribution is 9.10. The van der Waals surface area contributed by atoms with Gasteiger partial charge in [0.25, 0.3) is 0 Å². The average Bonchev–Trinajstić information content (AvgIpc) is 2.47. The van der Waals surface area contributed by atoms with Gasteiger partial charge in [-0.2, -0.15) is 0 Å². The van der Waals surface area contributed by atoms with Crippen LogP contribution < -0.4 is 10.1 Å². The highest BCUT2D eigenvalue weighted by Gasteiger charge is 2.20. The number of benzene rings is 2. The summed E-state index contributed by atoms with van der Waals surface area (Å²) in [6.07, 6.45) is 0. The highest BCUT2D eigenvalue weighted by Crippen LogP contribution is 2.36. The number of nitrogens with one attached hydrogen (secondary N) is 1. The second-order valence-electron chi connectivity index (χ2n) is 4.54. The van der Waals surface area contributed by atoms with E-state index in [1.807, 2.05) is 30.3 Å². The Labute approximate surface area is 147 Å². The molecule has 0 aliphatic heterocycles. The van der Waals surface area contributed by atoms with Gasteiger partial charge < -0.3 is 10.1 Å². The molecule has 0 spiro atoms. The molecule has 0 saturated carbocycles. The molecule has 0 fully saturated rings. The quantitative estimate of drug-likeness (QED) is 0.665. The lowest BCUT2D eigenvalue weighted by molar-refractivity contribution is 0.404. The largest absolute Gasteiger partial charge is 0.496 e. The molecule has 1 N–H and O–H groups in total. The van der Waals surface area contributed by atoms with Crippen molar-refractivity contribution in [3.63, 3.8) is 0 Å². The molecule has 0 aromatic heterocycles. The SMILES string of the molecule is CCNC(c1cc(Cl)ccc1Br)c1cc(Br)ccc1OC. The minimum atomic E-state index is -0.00414. The summed E-state index contributed by atoms with van der Waals surface area (Å²) < 4.78 is 7.54. The van der Waals surface area contributed by atoms with Crippen molar-refractivity contribution in [1.82, 2.24) is 5.32 Å². The Kier molecular flexibility index (Phi) is 6.11. The molecule has 0 amide bonds. The standard InChI is InChI=1S/C16H16Br2ClNO/c1-3-20-16(12-9-11(19)5-6-14(12)18)13-8-10(17)4-7-15(13)21-2/h4-9,16,20H,3H2,1-2H3. The van der Waals surface area contributed by atoms with E-state index in [0.717, 1.165) is 32.4 Å².